The summed E-state index contributed by atoms with van der Waals surface area (Å²) >= 11 is 17.7. The molecule has 0 amide bonds. The van der Waals surface area contributed by atoms with Crippen LogP contribution in [0, 0.1) is 0 Å². The smallest absolute Gasteiger partial charge is 0.176 e. The number of anilines is 1. The number of rotatable bonds is 1. The predicted octanol–water partition coefficient (Wildman–Crippen LogP) is 2.48. The van der Waals surface area contributed by atoms with Crippen LogP contribution >= 0.6 is 34.8 Å². The average molecular weight is 277 g/mol. The lowest BCUT2D eigenvalue weighted by atomic mass is 10.1. The summed E-state index contributed by atoms with van der Waals surface area (Å²) in [6.45, 7) is 0. The van der Waals surface area contributed by atoms with Crippen molar-refractivity contribution in [3.63, 3.8) is 0 Å². The molecule has 0 aliphatic heterocycles. The molecule has 1 aromatic carbocycles. The average Bonchev–Trinajstić information content (AvgIpc) is 2.24. The SMILES string of the molecule is Nc1nnnnc1-c1cc(Cl)cc(Cl)c1Cl. The summed E-state index contributed by atoms with van der Waals surface area (Å²) in [5.74, 6) is 0.107. The highest BCUT2D eigenvalue weighted by Crippen LogP contribution is 2.36. The van der Waals surface area contributed by atoms with Gasteiger partial charge in [0.1, 0.15) is 5.69 Å². The maximum atomic E-state index is 6.01. The fraction of sp³-hybridized carbons (Fsp3) is 0. The van der Waals surface area contributed by atoms with Crippen molar-refractivity contribution in [2.75, 3.05) is 5.73 Å². The van der Waals surface area contributed by atoms with E-state index in [2.05, 4.69) is 20.6 Å². The van der Waals surface area contributed by atoms with Gasteiger partial charge in [0.05, 0.1) is 10.0 Å². The number of nitrogen functional groups attached to an aromatic ring is 1. The van der Waals surface area contributed by atoms with Crippen LogP contribution in [-0.4, -0.2) is 20.6 Å². The molecule has 0 spiro atoms. The first-order valence-corrected chi connectivity index (χ1v) is 5.19. The first-order valence-electron chi connectivity index (χ1n) is 4.06. The minimum absolute atomic E-state index is 0.107. The van der Waals surface area contributed by atoms with Gasteiger partial charge in [-0.05, 0) is 22.6 Å². The summed E-state index contributed by atoms with van der Waals surface area (Å²) in [6, 6.07) is 3.10. The van der Waals surface area contributed by atoms with Crippen molar-refractivity contribution >= 4 is 40.6 Å². The summed E-state index contributed by atoms with van der Waals surface area (Å²) in [5.41, 5.74) is 6.37. The summed E-state index contributed by atoms with van der Waals surface area (Å²) in [4.78, 5) is 0. The topological polar surface area (TPSA) is 77.6 Å². The molecule has 0 radical (unpaired) electrons. The number of benzene rings is 1. The second kappa shape index (κ2) is 4.37. The standard InChI is InChI=1S/C8H4Cl3N5/c9-3-1-4(6(11)5(10)2-3)7-8(12)14-16-15-13-7/h1-2H,(H2,12,14,15). The Labute approximate surface area is 106 Å². The minimum atomic E-state index is 0.107. The van der Waals surface area contributed by atoms with Crippen LogP contribution in [0.4, 0.5) is 5.82 Å². The van der Waals surface area contributed by atoms with Gasteiger partial charge < -0.3 is 5.73 Å². The molecule has 1 heterocycles. The quantitative estimate of drug-likeness (QED) is 0.810. The van der Waals surface area contributed by atoms with Crippen molar-refractivity contribution in [2.24, 2.45) is 0 Å². The molecule has 0 bridgehead atoms. The molecule has 0 aliphatic rings. The van der Waals surface area contributed by atoms with Crippen molar-refractivity contribution in [1.29, 1.82) is 0 Å². The number of nitrogens with two attached hydrogens (primary N) is 1. The molecular weight excluding hydrogens is 272 g/mol. The second-order valence-electron chi connectivity index (χ2n) is 2.86. The fourth-order valence-electron chi connectivity index (χ4n) is 1.15. The van der Waals surface area contributed by atoms with E-state index in [1.165, 1.54) is 6.07 Å². The van der Waals surface area contributed by atoms with E-state index in [-0.39, 0.29) is 5.82 Å². The van der Waals surface area contributed by atoms with Crippen LogP contribution in [0.25, 0.3) is 11.3 Å². The molecule has 2 N–H and O–H groups in total. The summed E-state index contributed by atoms with van der Waals surface area (Å²) in [6.07, 6.45) is 0. The third-order valence-electron chi connectivity index (χ3n) is 1.83. The number of hydrogen-bond donors (Lipinski definition) is 1. The molecule has 1 aromatic heterocycles. The highest BCUT2D eigenvalue weighted by molar-refractivity contribution is 6.45. The molecule has 2 aromatic rings. The molecule has 0 unspecified atom stereocenters. The van der Waals surface area contributed by atoms with E-state index in [9.17, 15) is 0 Å². The van der Waals surface area contributed by atoms with E-state index in [0.29, 0.717) is 26.3 Å². The minimum Gasteiger partial charge on any atom is -0.380 e. The normalized spacial score (nSPS) is 10.4. The van der Waals surface area contributed by atoms with Crippen LogP contribution in [0.15, 0.2) is 12.1 Å². The molecule has 82 valence electrons. The third-order valence-corrected chi connectivity index (χ3v) is 2.85. The van der Waals surface area contributed by atoms with Gasteiger partial charge in [-0.15, -0.1) is 10.2 Å². The molecule has 8 heteroatoms. The van der Waals surface area contributed by atoms with Gasteiger partial charge in [-0.1, -0.05) is 34.8 Å². The van der Waals surface area contributed by atoms with Gasteiger partial charge in [-0.2, -0.15) is 0 Å². The highest BCUT2D eigenvalue weighted by atomic mass is 35.5. The summed E-state index contributed by atoms with van der Waals surface area (Å²) in [5, 5.41) is 15.0. The lowest BCUT2D eigenvalue weighted by Crippen LogP contribution is -2.02. The van der Waals surface area contributed by atoms with Gasteiger partial charge in [-0.3, -0.25) is 0 Å². The third kappa shape index (κ3) is 2.02. The molecular formula is C8H4Cl3N5. The van der Waals surface area contributed by atoms with Crippen molar-refractivity contribution in [2.45, 2.75) is 0 Å². The Bertz CT molecular complexity index is 545. The van der Waals surface area contributed by atoms with Gasteiger partial charge in [-0.25, -0.2) is 0 Å². The Morgan fingerprint density at radius 1 is 1.00 bits per heavy atom. The monoisotopic (exact) mass is 275 g/mol. The molecule has 0 saturated heterocycles. The van der Waals surface area contributed by atoms with Crippen molar-refractivity contribution in [3.05, 3.63) is 27.2 Å². The first kappa shape index (κ1) is 11.3. The van der Waals surface area contributed by atoms with E-state index in [4.69, 9.17) is 40.5 Å². The van der Waals surface area contributed by atoms with E-state index in [0.717, 1.165) is 0 Å². The Morgan fingerprint density at radius 2 is 1.69 bits per heavy atom. The van der Waals surface area contributed by atoms with Gasteiger partial charge in [0, 0.05) is 10.6 Å². The first-order chi connectivity index (χ1) is 7.59. The van der Waals surface area contributed by atoms with Crippen LogP contribution in [0.1, 0.15) is 0 Å². The van der Waals surface area contributed by atoms with Gasteiger partial charge in [0.2, 0.25) is 0 Å². The maximum absolute atomic E-state index is 6.01. The van der Waals surface area contributed by atoms with Gasteiger partial charge in [0.25, 0.3) is 0 Å². The zero-order valence-corrected chi connectivity index (χ0v) is 9.92. The Hall–Kier alpha value is -1.17. The number of aromatic nitrogens is 4. The zero-order chi connectivity index (χ0) is 11.7. The van der Waals surface area contributed by atoms with E-state index < -0.39 is 0 Å². The van der Waals surface area contributed by atoms with E-state index >= 15 is 0 Å². The van der Waals surface area contributed by atoms with Crippen LogP contribution in [-0.2, 0) is 0 Å². The molecule has 16 heavy (non-hydrogen) atoms. The lowest BCUT2D eigenvalue weighted by molar-refractivity contribution is 0.774. The van der Waals surface area contributed by atoms with Crippen LogP contribution in [0.3, 0.4) is 0 Å². The van der Waals surface area contributed by atoms with Gasteiger partial charge in [0.15, 0.2) is 5.82 Å². The van der Waals surface area contributed by atoms with E-state index in [1.54, 1.807) is 6.07 Å². The molecule has 0 aliphatic carbocycles. The Balaban J connectivity index is 2.69. The highest BCUT2D eigenvalue weighted by Gasteiger charge is 2.14. The zero-order valence-electron chi connectivity index (χ0n) is 7.65. The summed E-state index contributed by atoms with van der Waals surface area (Å²) < 4.78 is 0. The Kier molecular flexibility index (Phi) is 3.09. The molecule has 5 nitrogen and oxygen atoms in total. The molecule has 0 saturated carbocycles. The summed E-state index contributed by atoms with van der Waals surface area (Å²) in [7, 11) is 0. The Morgan fingerprint density at radius 3 is 2.38 bits per heavy atom. The predicted molar refractivity (Wildman–Crippen MR) is 62.5 cm³/mol. The van der Waals surface area contributed by atoms with Crippen molar-refractivity contribution in [3.8, 4) is 11.3 Å². The number of hydrogen-bond acceptors (Lipinski definition) is 5. The van der Waals surface area contributed by atoms with Crippen LogP contribution in [0.2, 0.25) is 15.1 Å². The van der Waals surface area contributed by atoms with Crippen LogP contribution < -0.4 is 5.73 Å². The van der Waals surface area contributed by atoms with Crippen molar-refractivity contribution in [1.82, 2.24) is 20.6 Å². The van der Waals surface area contributed by atoms with Crippen molar-refractivity contribution < 1.29 is 0 Å². The van der Waals surface area contributed by atoms with E-state index in [1.807, 2.05) is 0 Å². The number of nitrogens with zero attached hydrogens (tertiary/aromatic N) is 4. The molecule has 2 rings (SSSR count). The fourth-order valence-corrected chi connectivity index (χ4v) is 1.84. The van der Waals surface area contributed by atoms with Gasteiger partial charge >= 0.3 is 0 Å². The molecule has 0 fully saturated rings. The maximum Gasteiger partial charge on any atom is 0.176 e. The number of halogens is 3. The second-order valence-corrected chi connectivity index (χ2v) is 4.08. The molecule has 0 atom stereocenters. The largest absolute Gasteiger partial charge is 0.380 e. The lowest BCUT2D eigenvalue weighted by Gasteiger charge is -2.06. The van der Waals surface area contributed by atoms with Crippen LogP contribution in [0.5, 0.6) is 0 Å².